The highest BCUT2D eigenvalue weighted by Crippen LogP contribution is 2.36. The minimum atomic E-state index is -1.76. The number of benzene rings is 1. The molecule has 1 N–H and O–H groups in total. The lowest BCUT2D eigenvalue weighted by molar-refractivity contribution is 0.150. The maximum absolute atomic E-state index is 11.6. The van der Waals surface area contributed by atoms with Crippen LogP contribution >= 0.6 is 0 Å². The molecule has 0 saturated carbocycles. The van der Waals surface area contributed by atoms with Crippen molar-refractivity contribution in [2.24, 2.45) is 0 Å². The molecule has 0 aliphatic carbocycles. The van der Waals surface area contributed by atoms with Crippen LogP contribution in [0.3, 0.4) is 0 Å². The molecule has 0 radical (unpaired) electrons. The molecule has 2 atom stereocenters. The highest BCUT2D eigenvalue weighted by atomic mass is 28.4. The van der Waals surface area contributed by atoms with Gasteiger partial charge < -0.3 is 14.5 Å². The second kappa shape index (κ2) is 7.53. The molecule has 0 spiro atoms. The third-order valence-corrected chi connectivity index (χ3v) is 9.46. The molecule has 1 saturated heterocycles. The number of carbonyl (C=O) groups is 1. The average Bonchev–Trinajstić information content (AvgIpc) is 2.85. The van der Waals surface area contributed by atoms with Crippen LogP contribution in [-0.2, 0) is 9.16 Å². The summed E-state index contributed by atoms with van der Waals surface area (Å²) in [4.78, 5) is 11.6. The first-order valence-corrected chi connectivity index (χ1v) is 11.4. The number of nitrogens with one attached hydrogen (secondary N) is 1. The van der Waals surface area contributed by atoms with Crippen molar-refractivity contribution >= 4 is 20.5 Å². The van der Waals surface area contributed by atoms with Crippen molar-refractivity contribution in [3.8, 4) is 0 Å². The summed E-state index contributed by atoms with van der Waals surface area (Å²) in [6.45, 7) is 11.8. The van der Waals surface area contributed by atoms with Gasteiger partial charge in [-0.05, 0) is 36.2 Å². The monoisotopic (exact) mass is 347 g/mol. The quantitative estimate of drug-likeness (QED) is 0.766. The molecule has 1 heterocycles. The van der Waals surface area contributed by atoms with E-state index in [2.05, 4.69) is 39.2 Å². The third kappa shape index (κ3) is 4.95. The fourth-order valence-electron chi connectivity index (χ4n) is 2.31. The maximum atomic E-state index is 11.6. The van der Waals surface area contributed by atoms with Crippen molar-refractivity contribution in [1.82, 2.24) is 5.32 Å². The van der Waals surface area contributed by atoms with E-state index in [4.69, 9.17) is 9.16 Å². The molecule has 1 aliphatic heterocycles. The molecular weight excluding hydrogens is 318 g/mol. The predicted octanol–water partition coefficient (Wildman–Crippen LogP) is 4.59. The number of cyclic esters (lactones) is 1. The number of alkyl carbamates (subject to hydrolysis) is 1. The van der Waals surface area contributed by atoms with Crippen LogP contribution < -0.4 is 5.32 Å². The van der Waals surface area contributed by atoms with Crippen molar-refractivity contribution < 1.29 is 14.0 Å². The van der Waals surface area contributed by atoms with E-state index in [-0.39, 0.29) is 23.3 Å². The predicted molar refractivity (Wildman–Crippen MR) is 100 cm³/mol. The molecule has 1 aliphatic rings. The van der Waals surface area contributed by atoms with Crippen LogP contribution in [0.15, 0.2) is 36.4 Å². The van der Waals surface area contributed by atoms with Gasteiger partial charge in [0.25, 0.3) is 0 Å². The Kier molecular flexibility index (Phi) is 5.88. The molecule has 0 aromatic heterocycles. The van der Waals surface area contributed by atoms with Crippen molar-refractivity contribution in [2.45, 2.75) is 57.5 Å². The number of carbonyl (C=O) groups excluding carboxylic acids is 1. The average molecular weight is 348 g/mol. The molecule has 0 unspecified atom stereocenters. The summed E-state index contributed by atoms with van der Waals surface area (Å²) < 4.78 is 11.6. The van der Waals surface area contributed by atoms with Gasteiger partial charge >= 0.3 is 6.09 Å². The number of rotatable bonds is 6. The van der Waals surface area contributed by atoms with Gasteiger partial charge in [-0.3, -0.25) is 0 Å². The van der Waals surface area contributed by atoms with Crippen LogP contribution in [0.25, 0.3) is 6.08 Å². The highest BCUT2D eigenvalue weighted by Gasteiger charge is 2.38. The molecular formula is C19H29NO3Si. The highest BCUT2D eigenvalue weighted by molar-refractivity contribution is 6.74. The molecule has 1 aromatic carbocycles. The van der Waals surface area contributed by atoms with Crippen LogP contribution in [0.5, 0.6) is 0 Å². The first-order chi connectivity index (χ1) is 11.2. The van der Waals surface area contributed by atoms with E-state index in [9.17, 15) is 4.79 Å². The zero-order chi connectivity index (χ0) is 17.8. The Balaban J connectivity index is 1.91. The normalized spacial score (nSPS) is 21.8. The van der Waals surface area contributed by atoms with Gasteiger partial charge in [-0.1, -0.05) is 57.2 Å². The van der Waals surface area contributed by atoms with Gasteiger partial charge in [0.2, 0.25) is 0 Å². The Morgan fingerprint density at radius 2 is 1.92 bits per heavy atom. The fourth-order valence-corrected chi connectivity index (χ4v) is 3.37. The Morgan fingerprint density at radius 3 is 2.54 bits per heavy atom. The molecule has 24 heavy (non-hydrogen) atoms. The van der Waals surface area contributed by atoms with Gasteiger partial charge in [-0.15, -0.1) is 0 Å². The van der Waals surface area contributed by atoms with Crippen LogP contribution in [0.2, 0.25) is 18.1 Å². The number of hydrogen-bond donors (Lipinski definition) is 1. The first-order valence-electron chi connectivity index (χ1n) is 8.53. The molecule has 5 heteroatoms. The van der Waals surface area contributed by atoms with E-state index < -0.39 is 8.32 Å². The van der Waals surface area contributed by atoms with E-state index in [1.165, 1.54) is 0 Å². The third-order valence-electron chi connectivity index (χ3n) is 4.92. The van der Waals surface area contributed by atoms with Gasteiger partial charge in [0.15, 0.2) is 8.32 Å². The summed E-state index contributed by atoms with van der Waals surface area (Å²) in [5, 5.41) is 3.08. The largest absolute Gasteiger partial charge is 0.440 e. The summed E-state index contributed by atoms with van der Waals surface area (Å²) >= 11 is 0. The summed E-state index contributed by atoms with van der Waals surface area (Å²) in [5.41, 5.74) is 1.09. The topological polar surface area (TPSA) is 47.6 Å². The van der Waals surface area contributed by atoms with Gasteiger partial charge in [0, 0.05) is 6.61 Å². The van der Waals surface area contributed by atoms with Gasteiger partial charge in [0.1, 0.15) is 6.10 Å². The van der Waals surface area contributed by atoms with Gasteiger partial charge in [-0.2, -0.15) is 0 Å². The van der Waals surface area contributed by atoms with Crippen LogP contribution in [0, 0.1) is 0 Å². The smallest absolute Gasteiger partial charge is 0.408 e. The SMILES string of the molecule is CC(C)(C)[Si](C)(C)OCC[C@@H]1NC(=O)O[C@H]1/C=C/c1ccccc1. The van der Waals surface area contributed by atoms with Crippen molar-refractivity contribution in [3.63, 3.8) is 0 Å². The summed E-state index contributed by atoms with van der Waals surface area (Å²) in [6, 6.07) is 9.97. The van der Waals surface area contributed by atoms with Gasteiger partial charge in [0.05, 0.1) is 6.04 Å². The lowest BCUT2D eigenvalue weighted by atomic mass is 10.1. The second-order valence-corrected chi connectivity index (χ2v) is 12.6. The molecule has 2 rings (SSSR count). The first kappa shape index (κ1) is 18.7. The lowest BCUT2D eigenvalue weighted by Crippen LogP contribution is -2.42. The van der Waals surface area contributed by atoms with Crippen molar-refractivity contribution in [3.05, 3.63) is 42.0 Å². The Labute approximate surface area is 146 Å². The zero-order valence-electron chi connectivity index (χ0n) is 15.3. The molecule has 1 amide bonds. The minimum Gasteiger partial charge on any atom is -0.440 e. The number of ether oxygens (including phenoxy) is 1. The summed E-state index contributed by atoms with van der Waals surface area (Å²) in [7, 11) is -1.76. The Bertz CT molecular complexity index is 578. The molecule has 1 fully saturated rings. The zero-order valence-corrected chi connectivity index (χ0v) is 16.3. The van der Waals surface area contributed by atoms with E-state index in [0.29, 0.717) is 6.61 Å². The fraction of sp³-hybridized carbons (Fsp3) is 0.526. The van der Waals surface area contributed by atoms with E-state index in [1.807, 2.05) is 42.5 Å². The van der Waals surface area contributed by atoms with Crippen LogP contribution in [-0.4, -0.2) is 33.2 Å². The van der Waals surface area contributed by atoms with Crippen LogP contribution in [0.1, 0.15) is 32.8 Å². The van der Waals surface area contributed by atoms with Crippen molar-refractivity contribution in [2.75, 3.05) is 6.61 Å². The summed E-state index contributed by atoms with van der Waals surface area (Å²) in [5.74, 6) is 0. The Hall–Kier alpha value is -1.59. The van der Waals surface area contributed by atoms with Crippen molar-refractivity contribution in [1.29, 1.82) is 0 Å². The molecule has 0 bridgehead atoms. The number of amides is 1. The maximum Gasteiger partial charge on any atom is 0.408 e. The number of hydrogen-bond acceptors (Lipinski definition) is 3. The minimum absolute atomic E-state index is 0.0396. The molecule has 4 nitrogen and oxygen atoms in total. The standard InChI is InChI=1S/C19H29NO3Si/c1-19(2,3)24(4,5)22-14-13-16-17(23-18(21)20-16)12-11-15-9-7-6-8-10-15/h6-12,16-17H,13-14H2,1-5H3,(H,20,21)/b12-11+/t16-,17-/m0/s1. The second-order valence-electron chi connectivity index (χ2n) is 7.79. The molecule has 132 valence electrons. The van der Waals surface area contributed by atoms with Crippen LogP contribution in [0.4, 0.5) is 4.79 Å². The van der Waals surface area contributed by atoms with Gasteiger partial charge in [-0.25, -0.2) is 4.79 Å². The Morgan fingerprint density at radius 1 is 1.25 bits per heavy atom. The lowest BCUT2D eigenvalue weighted by Gasteiger charge is -2.36. The summed E-state index contributed by atoms with van der Waals surface area (Å²) in [6.07, 6.45) is 4.09. The van der Waals surface area contributed by atoms with E-state index in [0.717, 1.165) is 12.0 Å². The molecule has 1 aromatic rings. The van der Waals surface area contributed by atoms with E-state index >= 15 is 0 Å². The van der Waals surface area contributed by atoms with E-state index in [1.54, 1.807) is 0 Å².